The molecule has 76 valence electrons. The van der Waals surface area contributed by atoms with Crippen LogP contribution in [0.15, 0.2) is 0 Å². The molecule has 0 saturated carbocycles. The molecular formula is C9H16O4. The molecule has 3 atom stereocenters. The summed E-state index contributed by atoms with van der Waals surface area (Å²) in [5, 5.41) is 0. The van der Waals surface area contributed by atoms with E-state index < -0.39 is 0 Å². The van der Waals surface area contributed by atoms with Gasteiger partial charge in [0.1, 0.15) is 6.10 Å². The van der Waals surface area contributed by atoms with Crippen LogP contribution in [0, 0.1) is 0 Å². The Morgan fingerprint density at radius 3 is 2.62 bits per heavy atom. The van der Waals surface area contributed by atoms with Gasteiger partial charge in [-0.3, -0.25) is 4.79 Å². The molecule has 0 aromatic rings. The molecule has 4 nitrogen and oxygen atoms in total. The number of hydrogen-bond donors (Lipinski definition) is 0. The van der Waals surface area contributed by atoms with Crippen molar-refractivity contribution in [2.24, 2.45) is 0 Å². The monoisotopic (exact) mass is 188 g/mol. The minimum Gasteiger partial charge on any atom is -0.460 e. The number of methoxy groups -OCH3 is 1. The molecule has 0 radical (unpaired) electrons. The molecular weight excluding hydrogens is 172 g/mol. The summed E-state index contributed by atoms with van der Waals surface area (Å²) in [5.74, 6) is -0.253. The molecule has 1 saturated heterocycles. The second-order valence-electron chi connectivity index (χ2n) is 3.23. The Hall–Kier alpha value is -0.610. The van der Waals surface area contributed by atoms with Gasteiger partial charge in [0.05, 0.1) is 6.10 Å². The van der Waals surface area contributed by atoms with Gasteiger partial charge in [0.2, 0.25) is 0 Å². The number of hydrogen-bond acceptors (Lipinski definition) is 4. The predicted octanol–water partition coefficient (Wildman–Crippen LogP) is 1.09. The fourth-order valence-corrected chi connectivity index (χ4v) is 1.47. The van der Waals surface area contributed by atoms with Gasteiger partial charge >= 0.3 is 5.97 Å². The molecule has 0 N–H and O–H groups in total. The van der Waals surface area contributed by atoms with Gasteiger partial charge in [-0.05, 0) is 13.3 Å². The molecule has 0 aliphatic carbocycles. The summed E-state index contributed by atoms with van der Waals surface area (Å²) in [6, 6.07) is 0. The zero-order valence-corrected chi connectivity index (χ0v) is 8.28. The molecule has 0 bridgehead atoms. The molecule has 1 aliphatic rings. The van der Waals surface area contributed by atoms with E-state index in [0.717, 1.165) is 12.8 Å². The van der Waals surface area contributed by atoms with E-state index in [1.54, 1.807) is 7.11 Å². The Labute approximate surface area is 78.2 Å². The molecule has 0 unspecified atom stereocenters. The standard InChI is InChI=1S/C9H16O4/c1-6-8(13-7(2)10)4-5-9(11-3)12-6/h6,8-9H,4-5H2,1-3H3/t6-,8-,9+/m0/s1. The number of esters is 1. The Kier molecular flexibility index (Phi) is 3.69. The minimum atomic E-state index is -0.253. The average molecular weight is 188 g/mol. The normalized spacial score (nSPS) is 34.2. The van der Waals surface area contributed by atoms with Gasteiger partial charge in [0.15, 0.2) is 6.29 Å². The van der Waals surface area contributed by atoms with Crippen molar-refractivity contribution in [2.75, 3.05) is 7.11 Å². The third kappa shape index (κ3) is 2.97. The summed E-state index contributed by atoms with van der Waals surface area (Å²) in [4.78, 5) is 10.7. The number of carbonyl (C=O) groups excluding carboxylic acids is 1. The molecule has 1 fully saturated rings. The van der Waals surface area contributed by atoms with Crippen LogP contribution in [-0.4, -0.2) is 31.6 Å². The highest BCUT2D eigenvalue weighted by atomic mass is 16.7. The SMILES string of the molecule is CO[C@H]1CC[C@H](OC(C)=O)[C@H](C)O1. The maximum atomic E-state index is 10.7. The van der Waals surface area contributed by atoms with Crippen molar-refractivity contribution >= 4 is 5.97 Å². The maximum Gasteiger partial charge on any atom is 0.302 e. The van der Waals surface area contributed by atoms with Gasteiger partial charge in [-0.1, -0.05) is 0 Å². The molecule has 1 rings (SSSR count). The highest BCUT2D eigenvalue weighted by Gasteiger charge is 2.29. The van der Waals surface area contributed by atoms with Crippen LogP contribution >= 0.6 is 0 Å². The summed E-state index contributed by atoms with van der Waals surface area (Å²) in [6.45, 7) is 3.30. The van der Waals surface area contributed by atoms with E-state index in [1.165, 1.54) is 6.92 Å². The van der Waals surface area contributed by atoms with Crippen LogP contribution in [0.1, 0.15) is 26.7 Å². The van der Waals surface area contributed by atoms with E-state index in [4.69, 9.17) is 14.2 Å². The molecule has 1 heterocycles. The lowest BCUT2D eigenvalue weighted by Crippen LogP contribution is -2.40. The molecule has 13 heavy (non-hydrogen) atoms. The van der Waals surface area contributed by atoms with Gasteiger partial charge in [-0.2, -0.15) is 0 Å². The van der Waals surface area contributed by atoms with E-state index in [0.29, 0.717) is 0 Å². The molecule has 0 amide bonds. The number of rotatable bonds is 2. The lowest BCUT2D eigenvalue weighted by atomic mass is 10.1. The Morgan fingerprint density at radius 1 is 1.46 bits per heavy atom. The fraction of sp³-hybridized carbons (Fsp3) is 0.889. The highest BCUT2D eigenvalue weighted by molar-refractivity contribution is 5.66. The van der Waals surface area contributed by atoms with Crippen molar-refractivity contribution in [3.05, 3.63) is 0 Å². The minimum absolute atomic E-state index is 0.0809. The predicted molar refractivity (Wildman–Crippen MR) is 46.1 cm³/mol. The third-order valence-electron chi connectivity index (χ3n) is 2.16. The van der Waals surface area contributed by atoms with Crippen LogP contribution in [-0.2, 0) is 19.0 Å². The molecule has 0 spiro atoms. The first-order chi connectivity index (χ1) is 6.13. The van der Waals surface area contributed by atoms with Crippen molar-refractivity contribution < 1.29 is 19.0 Å². The second kappa shape index (κ2) is 4.58. The molecule has 1 aliphatic heterocycles. The largest absolute Gasteiger partial charge is 0.460 e. The Bertz CT molecular complexity index is 180. The van der Waals surface area contributed by atoms with E-state index in [2.05, 4.69) is 0 Å². The lowest BCUT2D eigenvalue weighted by molar-refractivity contribution is -0.215. The van der Waals surface area contributed by atoms with Crippen LogP contribution < -0.4 is 0 Å². The number of carbonyl (C=O) groups is 1. The highest BCUT2D eigenvalue weighted by Crippen LogP contribution is 2.22. The summed E-state index contributed by atoms with van der Waals surface area (Å²) in [5.41, 5.74) is 0. The number of ether oxygens (including phenoxy) is 3. The van der Waals surface area contributed by atoms with Gasteiger partial charge in [-0.25, -0.2) is 0 Å². The smallest absolute Gasteiger partial charge is 0.302 e. The quantitative estimate of drug-likeness (QED) is 0.608. The zero-order chi connectivity index (χ0) is 9.84. The molecule has 0 aromatic carbocycles. The maximum absolute atomic E-state index is 10.7. The summed E-state index contributed by atoms with van der Waals surface area (Å²) in [7, 11) is 1.61. The topological polar surface area (TPSA) is 44.8 Å². The van der Waals surface area contributed by atoms with E-state index in [-0.39, 0.29) is 24.5 Å². The van der Waals surface area contributed by atoms with Crippen LogP contribution in [0.2, 0.25) is 0 Å². The second-order valence-corrected chi connectivity index (χ2v) is 3.23. The Morgan fingerprint density at radius 2 is 2.15 bits per heavy atom. The van der Waals surface area contributed by atoms with Gasteiger partial charge in [0.25, 0.3) is 0 Å². The van der Waals surface area contributed by atoms with Crippen LogP contribution in [0.4, 0.5) is 0 Å². The molecule has 0 aromatic heterocycles. The molecule has 4 heteroatoms. The third-order valence-corrected chi connectivity index (χ3v) is 2.16. The van der Waals surface area contributed by atoms with Gasteiger partial charge in [-0.15, -0.1) is 0 Å². The van der Waals surface area contributed by atoms with E-state index >= 15 is 0 Å². The first-order valence-electron chi connectivity index (χ1n) is 4.49. The van der Waals surface area contributed by atoms with Crippen LogP contribution in [0.3, 0.4) is 0 Å². The van der Waals surface area contributed by atoms with Crippen LogP contribution in [0.5, 0.6) is 0 Å². The summed E-state index contributed by atoms with van der Waals surface area (Å²) < 4.78 is 15.6. The van der Waals surface area contributed by atoms with Crippen molar-refractivity contribution in [1.82, 2.24) is 0 Å². The van der Waals surface area contributed by atoms with Gasteiger partial charge < -0.3 is 14.2 Å². The first kappa shape index (κ1) is 10.5. The van der Waals surface area contributed by atoms with E-state index in [1.807, 2.05) is 6.92 Å². The average Bonchev–Trinajstić information content (AvgIpc) is 2.08. The zero-order valence-electron chi connectivity index (χ0n) is 8.28. The van der Waals surface area contributed by atoms with Crippen LogP contribution in [0.25, 0.3) is 0 Å². The van der Waals surface area contributed by atoms with Crippen molar-refractivity contribution in [1.29, 1.82) is 0 Å². The van der Waals surface area contributed by atoms with E-state index in [9.17, 15) is 4.79 Å². The Balaban J connectivity index is 2.39. The lowest BCUT2D eigenvalue weighted by Gasteiger charge is -2.32. The first-order valence-corrected chi connectivity index (χ1v) is 4.49. The summed E-state index contributed by atoms with van der Waals surface area (Å²) in [6.07, 6.45) is 1.23. The summed E-state index contributed by atoms with van der Waals surface area (Å²) >= 11 is 0. The van der Waals surface area contributed by atoms with Gasteiger partial charge in [0, 0.05) is 20.5 Å². The van der Waals surface area contributed by atoms with Crippen molar-refractivity contribution in [2.45, 2.75) is 45.2 Å². The van der Waals surface area contributed by atoms with Crippen molar-refractivity contribution in [3.8, 4) is 0 Å². The fourth-order valence-electron chi connectivity index (χ4n) is 1.47. The van der Waals surface area contributed by atoms with Crippen molar-refractivity contribution in [3.63, 3.8) is 0 Å².